The monoisotopic (exact) mass is 334 g/mol. The molecular weight excluding hydrogens is 304 g/mol. The predicted molar refractivity (Wildman–Crippen MR) is 92.4 cm³/mol. The van der Waals surface area contributed by atoms with Crippen molar-refractivity contribution in [3.63, 3.8) is 0 Å². The average molecular weight is 334 g/mol. The molecule has 2 heterocycles. The van der Waals surface area contributed by atoms with E-state index in [0.29, 0.717) is 19.3 Å². The maximum atomic E-state index is 12.9. The molecule has 2 N–H and O–H groups in total. The molecule has 0 aliphatic carbocycles. The van der Waals surface area contributed by atoms with Crippen molar-refractivity contribution in [1.29, 1.82) is 0 Å². The Morgan fingerprint density at radius 1 is 1.33 bits per heavy atom. The summed E-state index contributed by atoms with van der Waals surface area (Å²) in [5, 5.41) is 8.19. The minimum Gasteiger partial charge on any atom is -0.324 e. The first-order valence-electron chi connectivity index (χ1n) is 8.99. The normalized spacial score (nSPS) is 29.4. The van der Waals surface area contributed by atoms with Crippen LogP contribution in [0, 0.1) is 10.8 Å². The topological polar surface area (TPSA) is 90.9 Å². The lowest BCUT2D eigenvalue weighted by Gasteiger charge is -2.32. The minimum absolute atomic E-state index is 0.0446. The van der Waals surface area contributed by atoms with Crippen LogP contribution in [0.5, 0.6) is 0 Å². The quantitative estimate of drug-likeness (QED) is 0.916. The van der Waals surface area contributed by atoms with E-state index < -0.39 is 10.8 Å². The van der Waals surface area contributed by atoms with Gasteiger partial charge < -0.3 is 5.73 Å². The third kappa shape index (κ3) is 3.91. The number of hydrogen-bond acceptors (Lipinski definition) is 5. The number of nitrogens with two attached hydrogens (primary N) is 1. The maximum absolute atomic E-state index is 12.9. The molecule has 24 heavy (non-hydrogen) atoms. The number of Topliss-reactive ketones (excluding diaryl/α,β-unsaturated/α-hetero) is 2. The molecule has 0 bridgehead atoms. The Morgan fingerprint density at radius 3 is 2.75 bits per heavy atom. The van der Waals surface area contributed by atoms with Crippen LogP contribution in [0.25, 0.3) is 0 Å². The van der Waals surface area contributed by atoms with Gasteiger partial charge in [0.25, 0.3) is 0 Å². The smallest absolute Gasteiger partial charge is 0.152 e. The Labute approximate surface area is 144 Å². The highest BCUT2D eigenvalue weighted by molar-refractivity contribution is 5.88. The molecule has 6 heteroatoms. The Kier molecular flexibility index (Phi) is 5.91. The molecule has 2 atom stereocenters. The van der Waals surface area contributed by atoms with Crippen LogP contribution in [0.15, 0.2) is 6.20 Å². The van der Waals surface area contributed by atoms with Gasteiger partial charge in [0.15, 0.2) is 5.78 Å². The number of ketones is 2. The van der Waals surface area contributed by atoms with Gasteiger partial charge in [-0.15, -0.1) is 5.10 Å². The summed E-state index contributed by atoms with van der Waals surface area (Å²) in [7, 11) is 0. The summed E-state index contributed by atoms with van der Waals surface area (Å²) in [5.41, 5.74) is 5.70. The van der Waals surface area contributed by atoms with E-state index >= 15 is 0 Å². The van der Waals surface area contributed by atoms with E-state index in [2.05, 4.69) is 10.3 Å². The van der Waals surface area contributed by atoms with Crippen LogP contribution in [0.3, 0.4) is 0 Å². The van der Waals surface area contributed by atoms with Gasteiger partial charge >= 0.3 is 0 Å². The van der Waals surface area contributed by atoms with Gasteiger partial charge in [-0.1, -0.05) is 32.4 Å². The largest absolute Gasteiger partial charge is 0.324 e. The second-order valence-corrected chi connectivity index (χ2v) is 7.61. The number of aryl methyl sites for hydroxylation is 1. The van der Waals surface area contributed by atoms with Gasteiger partial charge in [0.05, 0.1) is 18.4 Å². The summed E-state index contributed by atoms with van der Waals surface area (Å²) in [6.45, 7) is 6.84. The van der Waals surface area contributed by atoms with Gasteiger partial charge in [0.2, 0.25) is 0 Å². The van der Waals surface area contributed by atoms with Gasteiger partial charge in [0.1, 0.15) is 5.78 Å². The molecular formula is C18H30N4O2. The third-order valence-corrected chi connectivity index (χ3v) is 5.83. The summed E-state index contributed by atoms with van der Waals surface area (Å²) in [6.07, 6.45) is 6.83. The van der Waals surface area contributed by atoms with E-state index in [-0.39, 0.29) is 18.1 Å². The molecule has 1 aliphatic rings. The fourth-order valence-corrected chi connectivity index (χ4v) is 3.54. The van der Waals surface area contributed by atoms with Gasteiger partial charge in [-0.25, -0.2) is 4.68 Å². The Balaban J connectivity index is 2.29. The summed E-state index contributed by atoms with van der Waals surface area (Å²) in [6, 6.07) is 0. The fourth-order valence-electron chi connectivity index (χ4n) is 3.54. The molecule has 0 fully saturated rings. The lowest BCUT2D eigenvalue weighted by Crippen LogP contribution is -2.37. The Hall–Kier alpha value is -1.56. The fraction of sp³-hybridized carbons (Fsp3) is 0.778. The highest BCUT2D eigenvalue weighted by atomic mass is 16.1. The molecule has 134 valence electrons. The van der Waals surface area contributed by atoms with Crippen molar-refractivity contribution in [3.8, 4) is 0 Å². The van der Waals surface area contributed by atoms with Crippen LogP contribution in [0.4, 0.5) is 0 Å². The molecule has 1 aromatic heterocycles. The van der Waals surface area contributed by atoms with Crippen molar-refractivity contribution in [2.45, 2.75) is 72.3 Å². The van der Waals surface area contributed by atoms with E-state index in [1.165, 1.54) is 0 Å². The predicted octanol–water partition coefficient (Wildman–Crippen LogP) is 2.30. The molecule has 0 radical (unpaired) electrons. The molecule has 0 aromatic carbocycles. The van der Waals surface area contributed by atoms with Crippen molar-refractivity contribution < 1.29 is 9.59 Å². The number of hydrogen-bond donors (Lipinski definition) is 1. The molecule has 1 aromatic rings. The maximum Gasteiger partial charge on any atom is 0.152 e. The molecule has 1 aliphatic heterocycles. The van der Waals surface area contributed by atoms with Crippen LogP contribution in [0.2, 0.25) is 0 Å². The number of aromatic nitrogens is 3. The first-order chi connectivity index (χ1) is 11.3. The van der Waals surface area contributed by atoms with E-state index in [0.717, 1.165) is 37.9 Å². The van der Waals surface area contributed by atoms with Gasteiger partial charge in [-0.2, -0.15) is 0 Å². The van der Waals surface area contributed by atoms with E-state index in [9.17, 15) is 9.59 Å². The van der Waals surface area contributed by atoms with Crippen LogP contribution >= 0.6 is 0 Å². The standard InChI is InChI=1S/C18H30N4O2/c1-4-17(2)11-14-13-20-21-22(14)10-6-5-8-18(3,16(24)12-19)9-7-15(17)23/h13H,4-12,19H2,1-3H3/t17-,18+/m0/s1. The Morgan fingerprint density at radius 2 is 2.08 bits per heavy atom. The SMILES string of the molecule is CC[C@@]1(C)Cc2cnnn2CCCC[C@@](C)(C(=O)CN)CCC1=O. The number of nitrogens with zero attached hydrogens (tertiary/aromatic N) is 3. The highest BCUT2D eigenvalue weighted by Crippen LogP contribution is 2.36. The second kappa shape index (κ2) is 7.55. The minimum atomic E-state index is -0.497. The second-order valence-electron chi connectivity index (χ2n) is 7.61. The number of carbonyl (C=O) groups excluding carboxylic acids is 2. The zero-order valence-corrected chi connectivity index (χ0v) is 15.2. The van der Waals surface area contributed by atoms with Gasteiger partial charge in [-0.05, 0) is 25.7 Å². The molecule has 0 saturated carbocycles. The van der Waals surface area contributed by atoms with Crippen molar-refractivity contribution in [3.05, 3.63) is 11.9 Å². The van der Waals surface area contributed by atoms with Gasteiger partial charge in [-0.3, -0.25) is 9.59 Å². The van der Waals surface area contributed by atoms with Crippen LogP contribution in [0.1, 0.15) is 65.0 Å². The molecule has 0 spiro atoms. The zero-order chi connectivity index (χ0) is 17.8. The number of fused-ring (bicyclic) bond motifs is 1. The van der Waals surface area contributed by atoms with Crippen LogP contribution in [-0.4, -0.2) is 33.1 Å². The number of carbonyl (C=O) groups is 2. The van der Waals surface area contributed by atoms with Crippen LogP contribution < -0.4 is 5.73 Å². The third-order valence-electron chi connectivity index (χ3n) is 5.83. The van der Waals surface area contributed by atoms with Gasteiger partial charge in [0, 0.05) is 30.2 Å². The molecule has 0 unspecified atom stereocenters. The van der Waals surface area contributed by atoms with Crippen molar-refractivity contribution in [1.82, 2.24) is 15.0 Å². The van der Waals surface area contributed by atoms with Crippen LogP contribution in [-0.2, 0) is 22.6 Å². The van der Waals surface area contributed by atoms with Crippen molar-refractivity contribution >= 4 is 11.6 Å². The number of rotatable bonds is 3. The summed E-state index contributed by atoms with van der Waals surface area (Å²) < 4.78 is 1.91. The first-order valence-corrected chi connectivity index (χ1v) is 8.99. The Bertz CT molecular complexity index is 598. The van der Waals surface area contributed by atoms with Crippen molar-refractivity contribution in [2.24, 2.45) is 16.6 Å². The molecule has 6 nitrogen and oxygen atoms in total. The molecule has 2 rings (SSSR count). The molecule has 0 saturated heterocycles. The average Bonchev–Trinajstić information content (AvgIpc) is 3.01. The first kappa shape index (κ1) is 18.8. The van der Waals surface area contributed by atoms with E-state index in [4.69, 9.17) is 5.73 Å². The van der Waals surface area contributed by atoms with E-state index in [1.54, 1.807) is 6.20 Å². The van der Waals surface area contributed by atoms with Crippen molar-refractivity contribution in [2.75, 3.05) is 6.54 Å². The summed E-state index contributed by atoms with van der Waals surface area (Å²) >= 11 is 0. The molecule has 0 amide bonds. The highest BCUT2D eigenvalue weighted by Gasteiger charge is 2.37. The zero-order valence-electron chi connectivity index (χ0n) is 15.2. The van der Waals surface area contributed by atoms with E-state index in [1.807, 2.05) is 25.5 Å². The lowest BCUT2D eigenvalue weighted by atomic mass is 9.72. The lowest BCUT2D eigenvalue weighted by molar-refractivity contribution is -0.131. The summed E-state index contributed by atoms with van der Waals surface area (Å²) in [4.78, 5) is 25.3. The summed E-state index contributed by atoms with van der Waals surface area (Å²) in [5.74, 6) is 0.279.